The fourth-order valence-corrected chi connectivity index (χ4v) is 13.3. The fraction of sp³-hybridized carbons (Fsp3) is 0.194. The molecule has 62 heavy (non-hydrogen) atoms. The summed E-state index contributed by atoms with van der Waals surface area (Å²) in [7, 11) is 0. The van der Waals surface area contributed by atoms with Crippen LogP contribution in [-0.2, 0) is 0 Å². The summed E-state index contributed by atoms with van der Waals surface area (Å²) in [5.74, 6) is 1.61. The van der Waals surface area contributed by atoms with E-state index in [-0.39, 0.29) is 0 Å². The third-order valence-corrected chi connectivity index (χ3v) is 15.7. The van der Waals surface area contributed by atoms with Gasteiger partial charge in [0, 0.05) is 0 Å². The molecule has 0 bridgehead atoms. The highest BCUT2D eigenvalue weighted by Crippen LogP contribution is 2.55. The van der Waals surface area contributed by atoms with Crippen LogP contribution in [0.25, 0.3) is 140 Å². The second-order valence-electron chi connectivity index (χ2n) is 20.1. The van der Waals surface area contributed by atoms with E-state index in [2.05, 4.69) is 177 Å². The minimum absolute atomic E-state index is 0.335. The van der Waals surface area contributed by atoms with Crippen molar-refractivity contribution in [1.82, 2.24) is 0 Å². The topological polar surface area (TPSA) is 0 Å². The zero-order valence-electron chi connectivity index (χ0n) is 36.9. The summed E-state index contributed by atoms with van der Waals surface area (Å²) in [5, 5.41) is 36.4. The van der Waals surface area contributed by atoms with E-state index >= 15 is 0 Å². The average molecular weight is 793 g/mol. The van der Waals surface area contributed by atoms with Crippen LogP contribution in [0.5, 0.6) is 0 Å². The predicted molar refractivity (Wildman–Crippen MR) is 275 cm³/mol. The van der Waals surface area contributed by atoms with Gasteiger partial charge in [0.15, 0.2) is 0 Å². The van der Waals surface area contributed by atoms with Gasteiger partial charge in [0.2, 0.25) is 0 Å². The maximum absolute atomic E-state index is 2.61. The second-order valence-corrected chi connectivity index (χ2v) is 20.1. The molecule has 0 aliphatic rings. The summed E-state index contributed by atoms with van der Waals surface area (Å²) >= 11 is 0. The fourth-order valence-electron chi connectivity index (χ4n) is 13.3. The van der Waals surface area contributed by atoms with Gasteiger partial charge in [0.25, 0.3) is 0 Å². The van der Waals surface area contributed by atoms with Crippen molar-refractivity contribution in [3.63, 3.8) is 0 Å². The number of fused-ring (bicyclic) bond motifs is 11. The van der Waals surface area contributed by atoms with Gasteiger partial charge < -0.3 is 0 Å². The van der Waals surface area contributed by atoms with Crippen LogP contribution in [0.15, 0.2) is 121 Å². The van der Waals surface area contributed by atoms with Crippen molar-refractivity contribution in [2.45, 2.75) is 79.1 Å². The first-order chi connectivity index (χ1) is 30.1. The minimum atomic E-state index is 0.335. The molecule has 14 aromatic carbocycles. The lowest BCUT2D eigenvalue weighted by atomic mass is 9.83. The van der Waals surface area contributed by atoms with Crippen molar-refractivity contribution < 1.29 is 0 Å². The van der Waals surface area contributed by atoms with Crippen molar-refractivity contribution >= 4 is 140 Å². The van der Waals surface area contributed by atoms with Crippen molar-refractivity contribution in [1.29, 1.82) is 0 Å². The molecule has 0 aliphatic carbocycles. The molecule has 0 saturated carbocycles. The third kappa shape index (κ3) is 4.02. The van der Waals surface area contributed by atoms with Crippen molar-refractivity contribution in [2.75, 3.05) is 0 Å². The standard InChI is InChI=1S/C62H48/c1-29(2)33-15-17-39-43-20-22-46-50-28-52-51(27-49(50)45-21-19-41(57(43)59(45)46)37-13-9-11-35(33)55(37)39)53(31(5)6)61-47-25-23-42-38-14-10-12-36-34(30(3)4)16-18-40(56(36)38)44-24-26-48(60(47)58(42)44)62(61)54(52)32(7)8/h9-32H,1-8H3. The van der Waals surface area contributed by atoms with Crippen LogP contribution in [0.3, 0.4) is 0 Å². The molecule has 0 atom stereocenters. The molecule has 14 rings (SSSR count). The van der Waals surface area contributed by atoms with Crippen LogP contribution in [0.1, 0.15) is 101 Å². The second kappa shape index (κ2) is 11.7. The molecule has 0 spiro atoms. The Balaban J connectivity index is 1.14. The van der Waals surface area contributed by atoms with Crippen LogP contribution in [0.2, 0.25) is 0 Å². The Morgan fingerprint density at radius 2 is 0.484 bits per heavy atom. The Labute approximate surface area is 361 Å². The monoisotopic (exact) mass is 792 g/mol. The number of benzene rings is 12. The smallest absolute Gasteiger partial charge is 0.00137 e. The van der Waals surface area contributed by atoms with Gasteiger partial charge in [-0.1, -0.05) is 165 Å². The first kappa shape index (κ1) is 35.1. The Bertz CT molecular complexity index is 4060. The molecule has 0 heterocycles. The molecule has 0 heteroatoms. The quantitative estimate of drug-likeness (QED) is 0.123. The number of rotatable bonds is 4. The van der Waals surface area contributed by atoms with Crippen LogP contribution in [-0.4, -0.2) is 0 Å². The summed E-state index contributed by atoms with van der Waals surface area (Å²) in [4.78, 5) is 0. The Morgan fingerprint density at radius 3 is 0.839 bits per heavy atom. The maximum Gasteiger partial charge on any atom is -0.00137 e. The van der Waals surface area contributed by atoms with Gasteiger partial charge in [-0.3, -0.25) is 0 Å². The van der Waals surface area contributed by atoms with E-state index in [0.717, 1.165) is 0 Å². The zero-order chi connectivity index (χ0) is 41.8. The summed E-state index contributed by atoms with van der Waals surface area (Å²) in [6, 6.07) is 48.5. The number of hydrogen-bond acceptors (Lipinski definition) is 0. The van der Waals surface area contributed by atoms with E-state index in [9.17, 15) is 0 Å². The molecular weight excluding hydrogens is 745 g/mol. The molecule has 0 unspecified atom stereocenters. The molecule has 0 amide bonds. The van der Waals surface area contributed by atoms with Gasteiger partial charge in [-0.25, -0.2) is 0 Å². The Hall–Kier alpha value is -6.50. The maximum atomic E-state index is 2.61. The van der Waals surface area contributed by atoms with Crippen LogP contribution < -0.4 is 0 Å². The Morgan fingerprint density at radius 1 is 0.210 bits per heavy atom. The minimum Gasteiger partial charge on any atom is -0.0610 e. The normalized spacial score (nSPS) is 13.4. The van der Waals surface area contributed by atoms with Gasteiger partial charge in [0.1, 0.15) is 0 Å². The molecule has 296 valence electrons. The molecule has 0 N–H and O–H groups in total. The highest BCUT2D eigenvalue weighted by atomic mass is 14.3. The SMILES string of the molecule is CC(C)c1ccc2c3ccc4c5cc6c(C(C)C)c7c8ccc9c%10ccc(C(C)C)c%11cccc(c%12ccc(c7c(C(C)C)c6cc5c5ccc(c6cccc1c62)c3c54)c8c%129)c%11%10. The summed E-state index contributed by atoms with van der Waals surface area (Å²) < 4.78 is 0. The van der Waals surface area contributed by atoms with Crippen LogP contribution in [0, 0.1) is 0 Å². The van der Waals surface area contributed by atoms with Gasteiger partial charge in [0.05, 0.1) is 0 Å². The lowest BCUT2D eigenvalue weighted by molar-refractivity contribution is 0.875. The van der Waals surface area contributed by atoms with Gasteiger partial charge in [-0.2, -0.15) is 0 Å². The molecule has 0 nitrogen and oxygen atoms in total. The highest BCUT2D eigenvalue weighted by Gasteiger charge is 2.28. The summed E-state index contributed by atoms with van der Waals surface area (Å²) in [6.45, 7) is 19.0. The van der Waals surface area contributed by atoms with Crippen molar-refractivity contribution in [3.05, 3.63) is 144 Å². The van der Waals surface area contributed by atoms with Gasteiger partial charge in [-0.05, 0) is 198 Å². The lowest BCUT2D eigenvalue weighted by Crippen LogP contribution is -1.98. The molecule has 14 aromatic rings. The predicted octanol–water partition coefficient (Wildman–Crippen LogP) is 18.9. The first-order valence-corrected chi connectivity index (χ1v) is 23.1. The molecule has 0 saturated heterocycles. The molecule has 0 aliphatic heterocycles. The van der Waals surface area contributed by atoms with E-state index in [4.69, 9.17) is 0 Å². The van der Waals surface area contributed by atoms with Gasteiger partial charge in [-0.15, -0.1) is 0 Å². The Kier molecular flexibility index (Phi) is 6.63. The van der Waals surface area contributed by atoms with Gasteiger partial charge >= 0.3 is 0 Å². The molecule has 0 fully saturated rings. The summed E-state index contributed by atoms with van der Waals surface area (Å²) in [5.41, 5.74) is 5.84. The zero-order valence-corrected chi connectivity index (χ0v) is 36.9. The van der Waals surface area contributed by atoms with E-state index in [0.29, 0.717) is 23.7 Å². The van der Waals surface area contributed by atoms with Crippen LogP contribution in [0.4, 0.5) is 0 Å². The van der Waals surface area contributed by atoms with E-state index in [1.54, 1.807) is 0 Å². The molecule has 0 aromatic heterocycles. The van der Waals surface area contributed by atoms with Crippen LogP contribution >= 0.6 is 0 Å². The highest BCUT2D eigenvalue weighted by molar-refractivity contribution is 6.45. The van der Waals surface area contributed by atoms with Crippen molar-refractivity contribution in [2.24, 2.45) is 0 Å². The first-order valence-electron chi connectivity index (χ1n) is 23.1. The number of hydrogen-bond donors (Lipinski definition) is 0. The largest absolute Gasteiger partial charge is 0.0610 e. The van der Waals surface area contributed by atoms with Crippen molar-refractivity contribution in [3.8, 4) is 0 Å². The van der Waals surface area contributed by atoms with E-state index < -0.39 is 0 Å². The molecular formula is C62H48. The van der Waals surface area contributed by atoms with E-state index in [1.165, 1.54) is 162 Å². The lowest BCUT2D eigenvalue weighted by Gasteiger charge is -2.20. The average Bonchev–Trinajstić information content (AvgIpc) is 3.77. The van der Waals surface area contributed by atoms with E-state index in [1.807, 2.05) is 0 Å². The molecule has 0 radical (unpaired) electrons. The third-order valence-electron chi connectivity index (χ3n) is 15.7. The summed E-state index contributed by atoms with van der Waals surface area (Å²) in [6.07, 6.45) is 0.